The number of hydrogen-bond donors (Lipinski definition) is 2. The number of aryl methyl sites for hydroxylation is 1. The minimum Gasteiger partial charge on any atom is -0.385 e. The summed E-state index contributed by atoms with van der Waals surface area (Å²) in [7, 11) is 0. The summed E-state index contributed by atoms with van der Waals surface area (Å²) in [5, 5.41) is 6.88. The van der Waals surface area contributed by atoms with Gasteiger partial charge in [0.25, 0.3) is 0 Å². The summed E-state index contributed by atoms with van der Waals surface area (Å²) in [5.41, 5.74) is 7.54. The van der Waals surface area contributed by atoms with Gasteiger partial charge in [-0.15, -0.1) is 0 Å². The lowest BCUT2D eigenvalue weighted by Crippen LogP contribution is -2.36. The van der Waals surface area contributed by atoms with Crippen LogP contribution in [0.5, 0.6) is 0 Å². The van der Waals surface area contributed by atoms with Gasteiger partial charge >= 0.3 is 0 Å². The van der Waals surface area contributed by atoms with E-state index >= 15 is 0 Å². The highest BCUT2D eigenvalue weighted by Crippen LogP contribution is 2.36. The molecule has 3 unspecified atom stereocenters. The predicted octanol–water partition coefficient (Wildman–Crippen LogP) is 8.70. The number of nitrogens with zero attached hydrogens (tertiary/aromatic N) is 2. The molecule has 38 heavy (non-hydrogen) atoms. The topological polar surface area (TPSA) is 48.8 Å². The first kappa shape index (κ1) is 27.4. The lowest BCUT2D eigenvalue weighted by molar-refractivity contribution is 0.248. The van der Waals surface area contributed by atoms with Crippen LogP contribution in [-0.2, 0) is 6.42 Å². The Labute approximate surface area is 229 Å². The van der Waals surface area contributed by atoms with Gasteiger partial charge in [0, 0.05) is 23.6 Å². The highest BCUT2D eigenvalue weighted by atomic mass is 14.9. The molecule has 2 aromatic rings. The first-order valence-corrected chi connectivity index (χ1v) is 14.1. The van der Waals surface area contributed by atoms with Crippen molar-refractivity contribution in [3.05, 3.63) is 102 Å². The Kier molecular flexibility index (Phi) is 9.17. The molecule has 0 bridgehead atoms. The van der Waals surface area contributed by atoms with Crippen LogP contribution in [0.2, 0.25) is 0 Å². The molecule has 0 saturated heterocycles. The fourth-order valence-corrected chi connectivity index (χ4v) is 4.96. The van der Waals surface area contributed by atoms with E-state index in [1.54, 1.807) is 0 Å². The number of aliphatic imine (C=N–C) groups is 2. The van der Waals surface area contributed by atoms with Gasteiger partial charge in [-0.05, 0) is 117 Å². The zero-order chi connectivity index (χ0) is 27.0. The number of nitrogens with one attached hydrogen (secondary N) is 2. The first-order chi connectivity index (χ1) is 18.4. The van der Waals surface area contributed by atoms with E-state index < -0.39 is 0 Å². The van der Waals surface area contributed by atoms with Crippen LogP contribution in [0.3, 0.4) is 0 Å². The van der Waals surface area contributed by atoms with Crippen LogP contribution in [0.4, 0.5) is 17.1 Å². The Morgan fingerprint density at radius 1 is 0.868 bits per heavy atom. The zero-order valence-corrected chi connectivity index (χ0v) is 23.5. The quantitative estimate of drug-likeness (QED) is 0.317. The van der Waals surface area contributed by atoms with Crippen LogP contribution in [-0.4, -0.2) is 23.5 Å². The van der Waals surface area contributed by atoms with Crippen molar-refractivity contribution < 1.29 is 0 Å². The summed E-state index contributed by atoms with van der Waals surface area (Å²) in [6.45, 7) is 12.1. The summed E-state index contributed by atoms with van der Waals surface area (Å²) < 4.78 is 0. The number of allylic oxidation sites excluding steroid dienone is 7. The SMILES string of the molecule is CCNc1ccc(NC2=CCC(C(C)C(C)(CC)N=C3C=CC(=Nc4ccc(CC)cc4)C=C3)C=C2)cc1. The standard InChI is InChI=1S/C34H42N4/c1-6-26-9-13-29(14-10-26)36-32-21-23-33(24-22-32)38-34(5,7-2)25(4)27-11-15-30(16-12-27)37-31-19-17-28(18-20-31)35-8-3/h9-11,13-25,27,35,37H,6-8,12H2,1-5H3. The molecule has 0 aliphatic heterocycles. The van der Waals surface area contributed by atoms with Crippen LogP contribution in [0.1, 0.15) is 53.0 Å². The van der Waals surface area contributed by atoms with Gasteiger partial charge in [0.1, 0.15) is 0 Å². The maximum Gasteiger partial charge on any atom is 0.0638 e. The van der Waals surface area contributed by atoms with Gasteiger partial charge in [0.15, 0.2) is 0 Å². The molecule has 2 aliphatic carbocycles. The van der Waals surface area contributed by atoms with E-state index in [0.29, 0.717) is 11.8 Å². The molecule has 0 spiro atoms. The molecule has 0 radical (unpaired) electrons. The van der Waals surface area contributed by atoms with E-state index in [0.717, 1.165) is 60.0 Å². The minimum absolute atomic E-state index is 0.148. The number of hydrogen-bond acceptors (Lipinski definition) is 4. The Balaban J connectivity index is 1.37. The molecule has 0 amide bonds. The number of anilines is 2. The summed E-state index contributed by atoms with van der Waals surface area (Å²) in [6.07, 6.45) is 18.3. The van der Waals surface area contributed by atoms with E-state index in [9.17, 15) is 0 Å². The minimum atomic E-state index is -0.148. The van der Waals surface area contributed by atoms with Gasteiger partial charge in [-0.25, -0.2) is 4.99 Å². The van der Waals surface area contributed by atoms with Crippen molar-refractivity contribution in [3.63, 3.8) is 0 Å². The number of rotatable bonds is 10. The van der Waals surface area contributed by atoms with Gasteiger partial charge in [-0.1, -0.05) is 45.1 Å². The molecule has 0 fully saturated rings. The fourth-order valence-electron chi connectivity index (χ4n) is 4.96. The molecule has 4 nitrogen and oxygen atoms in total. The van der Waals surface area contributed by atoms with Crippen LogP contribution >= 0.6 is 0 Å². The van der Waals surface area contributed by atoms with Crippen LogP contribution in [0.25, 0.3) is 0 Å². The van der Waals surface area contributed by atoms with Crippen molar-refractivity contribution in [2.75, 3.05) is 17.2 Å². The molecular formula is C34H42N4. The molecule has 2 N–H and O–H groups in total. The third-order valence-electron chi connectivity index (χ3n) is 7.86. The van der Waals surface area contributed by atoms with Crippen molar-refractivity contribution in [1.29, 1.82) is 0 Å². The maximum atomic E-state index is 5.25. The molecule has 2 aromatic carbocycles. The predicted molar refractivity (Wildman–Crippen MR) is 166 cm³/mol. The largest absolute Gasteiger partial charge is 0.385 e. The Bertz CT molecular complexity index is 1240. The van der Waals surface area contributed by atoms with Crippen molar-refractivity contribution in [3.8, 4) is 0 Å². The summed E-state index contributed by atoms with van der Waals surface area (Å²) in [4.78, 5) is 10.0. The maximum absolute atomic E-state index is 5.25. The van der Waals surface area contributed by atoms with E-state index in [4.69, 9.17) is 9.98 Å². The number of benzene rings is 2. The van der Waals surface area contributed by atoms with Crippen LogP contribution in [0.15, 0.2) is 107 Å². The average Bonchev–Trinajstić information content (AvgIpc) is 2.95. The summed E-state index contributed by atoms with van der Waals surface area (Å²) >= 11 is 0. The second kappa shape index (κ2) is 12.7. The zero-order valence-electron chi connectivity index (χ0n) is 23.5. The van der Waals surface area contributed by atoms with E-state index in [2.05, 4.69) is 136 Å². The molecule has 2 aliphatic rings. The summed E-state index contributed by atoms with van der Waals surface area (Å²) in [6, 6.07) is 16.9. The van der Waals surface area contributed by atoms with Gasteiger partial charge < -0.3 is 10.6 Å². The van der Waals surface area contributed by atoms with E-state index in [1.165, 1.54) is 5.56 Å². The molecule has 4 rings (SSSR count). The second-order valence-corrected chi connectivity index (χ2v) is 10.4. The van der Waals surface area contributed by atoms with Crippen molar-refractivity contribution >= 4 is 28.5 Å². The van der Waals surface area contributed by atoms with Gasteiger partial charge in [0.05, 0.1) is 22.6 Å². The molecule has 0 aromatic heterocycles. The van der Waals surface area contributed by atoms with Gasteiger partial charge in [0.2, 0.25) is 0 Å². The van der Waals surface area contributed by atoms with Crippen molar-refractivity contribution in [2.45, 2.75) is 59.4 Å². The lowest BCUT2D eigenvalue weighted by atomic mass is 9.74. The normalized spacial score (nSPS) is 19.0. The third kappa shape index (κ3) is 7.00. The average molecular weight is 507 g/mol. The molecule has 3 atom stereocenters. The Hall–Kier alpha value is -3.66. The van der Waals surface area contributed by atoms with Crippen LogP contribution in [0, 0.1) is 11.8 Å². The monoisotopic (exact) mass is 506 g/mol. The summed E-state index contributed by atoms with van der Waals surface area (Å²) in [5.74, 6) is 0.855. The molecule has 198 valence electrons. The Morgan fingerprint density at radius 3 is 2.11 bits per heavy atom. The first-order valence-electron chi connectivity index (χ1n) is 14.1. The van der Waals surface area contributed by atoms with Crippen LogP contribution < -0.4 is 10.6 Å². The Morgan fingerprint density at radius 2 is 1.53 bits per heavy atom. The molecule has 0 heterocycles. The fraction of sp³-hybridized carbons (Fsp3) is 0.353. The highest BCUT2D eigenvalue weighted by molar-refractivity contribution is 6.19. The van der Waals surface area contributed by atoms with E-state index in [1.807, 2.05) is 0 Å². The molecule has 0 saturated carbocycles. The molecular weight excluding hydrogens is 464 g/mol. The van der Waals surface area contributed by atoms with Crippen molar-refractivity contribution in [2.24, 2.45) is 21.8 Å². The lowest BCUT2D eigenvalue weighted by Gasteiger charge is -2.36. The second-order valence-electron chi connectivity index (χ2n) is 10.4. The molecule has 4 heteroatoms. The smallest absolute Gasteiger partial charge is 0.0638 e. The van der Waals surface area contributed by atoms with E-state index in [-0.39, 0.29) is 5.54 Å². The third-order valence-corrected chi connectivity index (χ3v) is 7.86. The highest BCUT2D eigenvalue weighted by Gasteiger charge is 2.34. The van der Waals surface area contributed by atoms with Crippen molar-refractivity contribution in [1.82, 2.24) is 0 Å². The van der Waals surface area contributed by atoms with Gasteiger partial charge in [-0.2, -0.15) is 0 Å². The van der Waals surface area contributed by atoms with Gasteiger partial charge in [-0.3, -0.25) is 4.99 Å².